The van der Waals surface area contributed by atoms with E-state index in [1.807, 2.05) is 0 Å². The molecule has 124 valence electrons. The summed E-state index contributed by atoms with van der Waals surface area (Å²) in [6.45, 7) is 3.46. The fraction of sp³-hybridized carbons (Fsp3) is 0.357. The number of imide groups is 1. The molecule has 2 amide bonds. The summed E-state index contributed by atoms with van der Waals surface area (Å²) >= 11 is 13.2. The van der Waals surface area contributed by atoms with Crippen LogP contribution in [0, 0.1) is 5.92 Å². The van der Waals surface area contributed by atoms with Gasteiger partial charge in [-0.3, -0.25) is 14.5 Å². The molecule has 1 aromatic carbocycles. The van der Waals surface area contributed by atoms with Gasteiger partial charge in [0.1, 0.15) is 0 Å². The molecular formula is C14H10Br4NO4-. The number of hydrogen-bond donors (Lipinski definition) is 0. The summed E-state index contributed by atoms with van der Waals surface area (Å²) in [6, 6.07) is -1.32. The van der Waals surface area contributed by atoms with Crippen LogP contribution in [-0.2, 0) is 4.79 Å². The minimum Gasteiger partial charge on any atom is -0.548 e. The van der Waals surface area contributed by atoms with Gasteiger partial charge in [-0.2, -0.15) is 0 Å². The molecule has 1 aromatic rings. The summed E-state index contributed by atoms with van der Waals surface area (Å²) < 4.78 is 1.90. The van der Waals surface area contributed by atoms with E-state index in [0.717, 1.165) is 4.90 Å². The highest BCUT2D eigenvalue weighted by atomic mass is 79.9. The molecule has 0 unspecified atom stereocenters. The van der Waals surface area contributed by atoms with E-state index in [1.54, 1.807) is 13.8 Å². The number of carbonyl (C=O) groups is 3. The molecule has 1 aliphatic heterocycles. The molecule has 23 heavy (non-hydrogen) atoms. The van der Waals surface area contributed by atoms with Crippen molar-refractivity contribution in [1.29, 1.82) is 0 Å². The number of amides is 2. The van der Waals surface area contributed by atoms with Gasteiger partial charge in [-0.25, -0.2) is 0 Å². The Morgan fingerprint density at radius 3 is 1.70 bits per heavy atom. The number of aliphatic carboxylic acids is 1. The molecule has 0 N–H and O–H groups in total. The van der Waals surface area contributed by atoms with E-state index < -0.39 is 29.7 Å². The van der Waals surface area contributed by atoms with Crippen molar-refractivity contribution in [2.75, 3.05) is 0 Å². The fourth-order valence-electron chi connectivity index (χ4n) is 2.43. The Bertz CT molecular complexity index is 687. The number of nitrogens with zero attached hydrogens (tertiary/aromatic N) is 1. The van der Waals surface area contributed by atoms with E-state index in [4.69, 9.17) is 0 Å². The van der Waals surface area contributed by atoms with Gasteiger partial charge in [0.15, 0.2) is 0 Å². The van der Waals surface area contributed by atoms with Crippen molar-refractivity contribution in [2.24, 2.45) is 5.92 Å². The van der Waals surface area contributed by atoms with Gasteiger partial charge in [0.25, 0.3) is 11.8 Å². The first-order valence-electron chi connectivity index (χ1n) is 6.59. The van der Waals surface area contributed by atoms with E-state index in [0.29, 0.717) is 24.3 Å². The first-order valence-corrected chi connectivity index (χ1v) is 9.76. The largest absolute Gasteiger partial charge is 0.548 e. The van der Waals surface area contributed by atoms with Crippen molar-refractivity contribution < 1.29 is 19.5 Å². The quantitative estimate of drug-likeness (QED) is 0.313. The van der Waals surface area contributed by atoms with Crippen molar-refractivity contribution in [1.82, 2.24) is 4.90 Å². The van der Waals surface area contributed by atoms with Crippen LogP contribution in [0.3, 0.4) is 0 Å². The molecule has 2 rings (SSSR count). The number of carboxylic acids is 1. The molecule has 5 nitrogen and oxygen atoms in total. The Morgan fingerprint density at radius 2 is 1.39 bits per heavy atom. The maximum Gasteiger partial charge on any atom is 0.263 e. The normalized spacial score (nSPS) is 16.5. The van der Waals surface area contributed by atoms with Crippen LogP contribution in [0.5, 0.6) is 0 Å². The van der Waals surface area contributed by atoms with E-state index in [9.17, 15) is 19.5 Å². The zero-order valence-corrected chi connectivity index (χ0v) is 18.3. The van der Waals surface area contributed by atoms with Crippen molar-refractivity contribution in [3.05, 3.63) is 29.0 Å². The average molecular weight is 576 g/mol. The Labute approximate surface area is 166 Å². The number of halogens is 4. The summed E-state index contributed by atoms with van der Waals surface area (Å²) in [7, 11) is 0. The van der Waals surface area contributed by atoms with Gasteiger partial charge in [-0.15, -0.1) is 0 Å². The summed E-state index contributed by atoms with van der Waals surface area (Å²) in [5, 5.41) is 11.5. The topological polar surface area (TPSA) is 77.5 Å². The third-order valence-electron chi connectivity index (χ3n) is 3.84. The first kappa shape index (κ1) is 19.1. The molecule has 0 saturated heterocycles. The molecule has 0 bridgehead atoms. The van der Waals surface area contributed by atoms with Gasteiger partial charge in [0, 0.05) is 17.9 Å². The second kappa shape index (κ2) is 6.93. The fourth-order valence-corrected chi connectivity index (χ4v) is 4.89. The number of carbonyl (C=O) groups excluding carboxylic acids is 3. The first-order chi connectivity index (χ1) is 10.6. The van der Waals surface area contributed by atoms with Crippen LogP contribution in [0.4, 0.5) is 0 Å². The van der Waals surface area contributed by atoms with Gasteiger partial charge >= 0.3 is 0 Å². The third-order valence-corrected chi connectivity index (χ3v) is 8.60. The molecule has 0 fully saturated rings. The van der Waals surface area contributed by atoms with Crippen molar-refractivity contribution in [3.8, 4) is 0 Å². The monoisotopic (exact) mass is 572 g/mol. The van der Waals surface area contributed by atoms with Crippen LogP contribution in [-0.4, -0.2) is 28.7 Å². The molecule has 0 saturated carbocycles. The number of hydrogen-bond acceptors (Lipinski definition) is 4. The molecule has 0 spiro atoms. The SMILES string of the molecule is CC[C@@H](C)[C@@H](C(=O)[O-])N1C(=O)c2c(Br)c(Br)c(Br)c(Br)c2C1=O. The molecule has 0 aliphatic carbocycles. The minimum absolute atomic E-state index is 0.131. The van der Waals surface area contributed by atoms with Gasteiger partial charge < -0.3 is 9.90 Å². The Balaban J connectivity index is 2.69. The Morgan fingerprint density at radius 1 is 1.00 bits per heavy atom. The highest BCUT2D eigenvalue weighted by Gasteiger charge is 2.45. The van der Waals surface area contributed by atoms with Crippen LogP contribution < -0.4 is 5.11 Å². The summed E-state index contributed by atoms with van der Waals surface area (Å²) in [5.41, 5.74) is 0.262. The van der Waals surface area contributed by atoms with Crippen LogP contribution in [0.2, 0.25) is 0 Å². The summed E-state index contributed by atoms with van der Waals surface area (Å²) in [5.74, 6) is -3.17. The molecular weight excluding hydrogens is 566 g/mol. The van der Waals surface area contributed by atoms with Crippen LogP contribution in [0.15, 0.2) is 17.9 Å². The zero-order chi connectivity index (χ0) is 17.6. The van der Waals surface area contributed by atoms with E-state index in [-0.39, 0.29) is 11.1 Å². The van der Waals surface area contributed by atoms with Crippen molar-refractivity contribution >= 4 is 81.5 Å². The number of rotatable bonds is 4. The predicted molar refractivity (Wildman–Crippen MR) is 96.0 cm³/mol. The Kier molecular flexibility index (Phi) is 5.75. The lowest BCUT2D eigenvalue weighted by Gasteiger charge is -2.31. The lowest BCUT2D eigenvalue weighted by atomic mass is 9.98. The van der Waals surface area contributed by atoms with Gasteiger partial charge in [0.05, 0.1) is 23.1 Å². The average Bonchev–Trinajstić information content (AvgIpc) is 2.75. The smallest absolute Gasteiger partial charge is 0.263 e. The molecule has 0 aromatic heterocycles. The minimum atomic E-state index is -1.45. The van der Waals surface area contributed by atoms with Crippen LogP contribution in [0.25, 0.3) is 0 Å². The molecule has 1 aliphatic rings. The van der Waals surface area contributed by atoms with Crippen LogP contribution in [0.1, 0.15) is 41.0 Å². The predicted octanol–water partition coefficient (Wildman–Crippen LogP) is 3.50. The van der Waals surface area contributed by atoms with E-state index in [1.165, 1.54) is 0 Å². The molecule has 1 heterocycles. The standard InChI is InChI=1S/C14H11Br4NO4/c1-3-4(2)11(14(22)23)19-12(20)5-6(13(19)21)8(16)10(18)9(17)7(5)15/h4,11H,3H2,1-2H3,(H,22,23)/p-1/t4-,11+/m1/s1. The maximum absolute atomic E-state index is 12.7. The lowest BCUT2D eigenvalue weighted by Crippen LogP contribution is -2.53. The van der Waals surface area contributed by atoms with Crippen molar-refractivity contribution in [3.63, 3.8) is 0 Å². The zero-order valence-electron chi connectivity index (χ0n) is 12.0. The van der Waals surface area contributed by atoms with Gasteiger partial charge in [-0.05, 0) is 69.6 Å². The molecule has 0 radical (unpaired) electrons. The van der Waals surface area contributed by atoms with Gasteiger partial charge in [-0.1, -0.05) is 20.3 Å². The highest BCUT2D eigenvalue weighted by molar-refractivity contribution is 9.15. The number of fused-ring (bicyclic) bond motifs is 1. The van der Waals surface area contributed by atoms with E-state index >= 15 is 0 Å². The van der Waals surface area contributed by atoms with Gasteiger partial charge in [0.2, 0.25) is 0 Å². The Hall–Kier alpha value is -0.250. The third kappa shape index (κ3) is 2.94. The van der Waals surface area contributed by atoms with E-state index in [2.05, 4.69) is 63.7 Å². The highest BCUT2D eigenvalue weighted by Crippen LogP contribution is 2.45. The van der Waals surface area contributed by atoms with Crippen LogP contribution >= 0.6 is 63.7 Å². The number of carboxylic acid groups (broad SMARTS) is 1. The number of benzene rings is 1. The summed E-state index contributed by atoms with van der Waals surface area (Å²) in [4.78, 5) is 37.8. The second-order valence-electron chi connectivity index (χ2n) is 5.14. The molecule has 9 heteroatoms. The lowest BCUT2D eigenvalue weighted by molar-refractivity contribution is -0.311. The van der Waals surface area contributed by atoms with Crippen molar-refractivity contribution in [2.45, 2.75) is 26.3 Å². The maximum atomic E-state index is 12.7. The summed E-state index contributed by atoms with van der Waals surface area (Å²) in [6.07, 6.45) is 0.488. The second-order valence-corrected chi connectivity index (χ2v) is 8.31. The molecule has 2 atom stereocenters.